The number of hydrogen-bond donors (Lipinski definition) is 1. The molecule has 0 bridgehead atoms. The first-order chi connectivity index (χ1) is 15.9. The number of nitrogens with zero attached hydrogens (tertiary/aromatic N) is 2. The molecule has 2 aromatic carbocycles. The first-order valence-corrected chi connectivity index (χ1v) is 15.1. The maximum atomic E-state index is 13.8. The van der Waals surface area contributed by atoms with E-state index in [2.05, 4.69) is 47.2 Å². The van der Waals surface area contributed by atoms with Crippen LogP contribution in [-0.2, 0) is 4.79 Å². The second kappa shape index (κ2) is 8.49. The number of benzene rings is 2. The van der Waals surface area contributed by atoms with Crippen molar-refractivity contribution in [3.63, 3.8) is 0 Å². The molecule has 33 heavy (non-hydrogen) atoms. The predicted octanol–water partition coefficient (Wildman–Crippen LogP) is 3.74. The number of carboxylic acid groups (broad SMARTS) is 1. The number of carbonyl (C=O) groups excluding carboxylic acids is 1. The van der Waals surface area contributed by atoms with Gasteiger partial charge in [0.1, 0.15) is 8.07 Å². The summed E-state index contributed by atoms with van der Waals surface area (Å²) >= 11 is 0. The number of anilines is 2. The fraction of sp³-hybridized carbons (Fsp3) is 0.407. The van der Waals surface area contributed by atoms with Gasteiger partial charge in [-0.1, -0.05) is 25.2 Å². The molecule has 6 heteroatoms. The number of unbranched alkanes of at least 4 members (excludes halogenated alkanes) is 1. The lowest BCUT2D eigenvalue weighted by molar-refractivity contribution is -0.137. The summed E-state index contributed by atoms with van der Waals surface area (Å²) in [5.41, 5.74) is 5.15. The Hall–Kier alpha value is -2.86. The van der Waals surface area contributed by atoms with Gasteiger partial charge in [0.05, 0.1) is 0 Å². The molecule has 0 radical (unpaired) electrons. The molecule has 1 N–H and O–H groups in total. The van der Waals surface area contributed by atoms with Gasteiger partial charge in [-0.25, -0.2) is 0 Å². The van der Waals surface area contributed by atoms with E-state index in [0.717, 1.165) is 42.9 Å². The molecule has 0 aromatic heterocycles. The minimum absolute atomic E-state index is 0.127. The minimum atomic E-state index is -2.09. The van der Waals surface area contributed by atoms with Gasteiger partial charge in [0.15, 0.2) is 5.78 Å². The van der Waals surface area contributed by atoms with E-state index < -0.39 is 14.0 Å². The quantitative estimate of drug-likeness (QED) is 0.504. The fourth-order valence-electron chi connectivity index (χ4n) is 5.16. The van der Waals surface area contributed by atoms with Crippen LogP contribution in [0.15, 0.2) is 36.4 Å². The Kier molecular flexibility index (Phi) is 5.65. The zero-order valence-electron chi connectivity index (χ0n) is 19.6. The Labute approximate surface area is 196 Å². The van der Waals surface area contributed by atoms with Crippen molar-refractivity contribution >= 4 is 47.7 Å². The van der Waals surface area contributed by atoms with Gasteiger partial charge in [-0.15, -0.1) is 0 Å². The van der Waals surface area contributed by atoms with Crippen molar-refractivity contribution < 1.29 is 14.7 Å². The monoisotopic (exact) mass is 460 g/mol. The molecule has 5 nitrogen and oxygen atoms in total. The van der Waals surface area contributed by atoms with E-state index in [1.165, 1.54) is 34.6 Å². The molecule has 0 amide bonds. The third-order valence-electron chi connectivity index (χ3n) is 7.48. The highest BCUT2D eigenvalue weighted by Gasteiger charge is 2.40. The van der Waals surface area contributed by atoms with Crippen LogP contribution in [0.2, 0.25) is 13.1 Å². The highest BCUT2D eigenvalue weighted by molar-refractivity contribution is 7.02. The van der Waals surface area contributed by atoms with Crippen LogP contribution in [0.1, 0.15) is 53.6 Å². The summed E-state index contributed by atoms with van der Waals surface area (Å²) in [6.45, 7) is 9.06. The van der Waals surface area contributed by atoms with Gasteiger partial charge < -0.3 is 14.9 Å². The molecule has 5 rings (SSSR count). The summed E-state index contributed by atoms with van der Waals surface area (Å²) in [5.74, 6) is -0.639. The summed E-state index contributed by atoms with van der Waals surface area (Å²) in [6.07, 6.45) is 7.99. The number of allylic oxidation sites excluding steroid dienone is 1. The van der Waals surface area contributed by atoms with Crippen LogP contribution >= 0.6 is 0 Å². The van der Waals surface area contributed by atoms with Gasteiger partial charge >= 0.3 is 5.97 Å². The summed E-state index contributed by atoms with van der Waals surface area (Å²) in [5, 5.41) is 11.4. The molecule has 0 unspecified atom stereocenters. The van der Waals surface area contributed by atoms with Crippen LogP contribution in [0.25, 0.3) is 6.08 Å². The van der Waals surface area contributed by atoms with Crippen molar-refractivity contribution in [2.75, 3.05) is 36.0 Å². The molecular weight excluding hydrogens is 428 g/mol. The molecular formula is C27H32N2O3Si. The third-order valence-corrected chi connectivity index (χ3v) is 11.0. The third kappa shape index (κ3) is 3.90. The van der Waals surface area contributed by atoms with E-state index in [1.807, 2.05) is 18.2 Å². The standard InChI is InChI=1S/C27H32N2O3Si/c1-33(2)23-17-20(28-12-6-13-28)10-11-22(23)27(32)26-19(8-4-3-5-9-25(30)31)16-21(18-24(26)33)29-14-7-15-29/h4,8,10-11,16-18H,3,5-7,9,12-15H2,1-2H3,(H,30,31)/b8-4+. The number of ketones is 1. The van der Waals surface area contributed by atoms with Crippen molar-refractivity contribution in [2.45, 2.75) is 45.2 Å². The van der Waals surface area contributed by atoms with Gasteiger partial charge in [0.2, 0.25) is 0 Å². The molecule has 172 valence electrons. The first-order valence-electron chi connectivity index (χ1n) is 12.1. The molecule has 0 atom stereocenters. The van der Waals surface area contributed by atoms with Gasteiger partial charge in [-0.05, 0) is 72.0 Å². The average Bonchev–Trinajstić information content (AvgIpc) is 2.69. The Morgan fingerprint density at radius 1 is 1.00 bits per heavy atom. The van der Waals surface area contributed by atoms with E-state index in [-0.39, 0.29) is 12.2 Å². The van der Waals surface area contributed by atoms with E-state index >= 15 is 0 Å². The zero-order valence-corrected chi connectivity index (χ0v) is 20.6. The fourth-order valence-corrected chi connectivity index (χ4v) is 8.22. The average molecular weight is 461 g/mol. The lowest BCUT2D eigenvalue weighted by Gasteiger charge is -2.39. The predicted molar refractivity (Wildman–Crippen MR) is 137 cm³/mol. The van der Waals surface area contributed by atoms with Crippen LogP contribution in [0.5, 0.6) is 0 Å². The molecule has 2 fully saturated rings. The van der Waals surface area contributed by atoms with Crippen molar-refractivity contribution in [1.82, 2.24) is 0 Å². The van der Waals surface area contributed by atoms with Crippen LogP contribution in [0.4, 0.5) is 11.4 Å². The molecule has 3 aliphatic heterocycles. The number of carbonyl (C=O) groups is 2. The Bertz CT molecular complexity index is 1150. The normalized spacial score (nSPS) is 18.5. The van der Waals surface area contributed by atoms with Crippen molar-refractivity contribution in [2.24, 2.45) is 0 Å². The Morgan fingerprint density at radius 2 is 1.67 bits per heavy atom. The lowest BCUT2D eigenvalue weighted by atomic mass is 9.95. The molecule has 2 aromatic rings. The van der Waals surface area contributed by atoms with E-state index in [1.54, 1.807) is 0 Å². The highest BCUT2D eigenvalue weighted by Crippen LogP contribution is 2.31. The number of rotatable bonds is 7. The topological polar surface area (TPSA) is 60.9 Å². The molecule has 2 saturated heterocycles. The molecule has 3 heterocycles. The summed E-state index contributed by atoms with van der Waals surface area (Å²) in [6, 6.07) is 10.9. The van der Waals surface area contributed by atoms with E-state index in [9.17, 15) is 9.59 Å². The van der Waals surface area contributed by atoms with Crippen LogP contribution < -0.4 is 20.2 Å². The summed E-state index contributed by atoms with van der Waals surface area (Å²) in [7, 11) is -2.09. The maximum absolute atomic E-state index is 13.8. The van der Waals surface area contributed by atoms with Gasteiger partial charge in [-0.2, -0.15) is 0 Å². The highest BCUT2D eigenvalue weighted by atomic mass is 28.3. The molecule has 0 spiro atoms. The first kappa shape index (κ1) is 22.0. The smallest absolute Gasteiger partial charge is 0.303 e. The van der Waals surface area contributed by atoms with Gasteiger partial charge in [0.25, 0.3) is 0 Å². The van der Waals surface area contributed by atoms with Crippen molar-refractivity contribution in [1.29, 1.82) is 0 Å². The van der Waals surface area contributed by atoms with Crippen molar-refractivity contribution in [3.05, 3.63) is 53.1 Å². The van der Waals surface area contributed by atoms with Gasteiger partial charge in [0, 0.05) is 55.1 Å². The maximum Gasteiger partial charge on any atom is 0.303 e. The van der Waals surface area contributed by atoms with Crippen molar-refractivity contribution in [3.8, 4) is 0 Å². The minimum Gasteiger partial charge on any atom is -0.481 e. The van der Waals surface area contributed by atoms with E-state index in [0.29, 0.717) is 12.8 Å². The SMILES string of the molecule is C[Si]1(C)c2cc(N3CCC3)ccc2C(=O)c2c(/C=C/CCCC(=O)O)cc(N3CCC3)cc21. The van der Waals surface area contributed by atoms with Gasteiger partial charge in [-0.3, -0.25) is 9.59 Å². The molecule has 3 aliphatic rings. The molecule has 0 saturated carbocycles. The lowest BCUT2D eigenvalue weighted by Crippen LogP contribution is -2.60. The van der Waals surface area contributed by atoms with Crippen LogP contribution in [0, 0.1) is 0 Å². The number of hydrogen-bond acceptors (Lipinski definition) is 4. The largest absolute Gasteiger partial charge is 0.481 e. The number of fused-ring (bicyclic) bond motifs is 2. The Balaban J connectivity index is 1.57. The number of carboxylic acids is 1. The van der Waals surface area contributed by atoms with Crippen LogP contribution in [-0.4, -0.2) is 51.1 Å². The van der Waals surface area contributed by atoms with Crippen LogP contribution in [0.3, 0.4) is 0 Å². The summed E-state index contributed by atoms with van der Waals surface area (Å²) < 4.78 is 0. The second-order valence-corrected chi connectivity index (χ2v) is 14.3. The van der Waals surface area contributed by atoms with E-state index in [4.69, 9.17) is 5.11 Å². The molecule has 0 aliphatic carbocycles. The second-order valence-electron chi connectivity index (χ2n) is 10.0. The number of aliphatic carboxylic acids is 1. The zero-order chi connectivity index (χ0) is 23.2. The summed E-state index contributed by atoms with van der Waals surface area (Å²) in [4.78, 5) is 29.4. The Morgan fingerprint density at radius 3 is 2.30 bits per heavy atom.